The van der Waals surface area contributed by atoms with Crippen molar-refractivity contribution in [2.24, 2.45) is 0 Å². The smallest absolute Gasteiger partial charge is 0.131 e. The standard InChI is InChI=1S/C11H15ClN2S/c1-8-6-14(7-9(2)15-8)11-5-3-4-10(12)13-11/h3-5,8-9H,6-7H2,1-2H3. The Morgan fingerprint density at radius 2 is 2.00 bits per heavy atom. The van der Waals surface area contributed by atoms with Crippen LogP contribution in [-0.4, -0.2) is 28.6 Å². The normalized spacial score (nSPS) is 26.7. The van der Waals surface area contributed by atoms with Crippen LogP contribution in [-0.2, 0) is 0 Å². The molecule has 1 aromatic heterocycles. The predicted octanol–water partition coefficient (Wildman–Crippen LogP) is 3.07. The maximum Gasteiger partial charge on any atom is 0.131 e. The molecular formula is C11H15ClN2S. The predicted molar refractivity (Wildman–Crippen MR) is 68.0 cm³/mol. The number of nitrogens with zero attached hydrogens (tertiary/aromatic N) is 2. The third kappa shape index (κ3) is 2.79. The Balaban J connectivity index is 2.16. The van der Waals surface area contributed by atoms with Crippen LogP contribution in [0.15, 0.2) is 18.2 Å². The van der Waals surface area contributed by atoms with Gasteiger partial charge in [-0.25, -0.2) is 4.98 Å². The van der Waals surface area contributed by atoms with Crippen molar-refractivity contribution in [1.82, 2.24) is 4.98 Å². The first kappa shape index (κ1) is 11.1. The van der Waals surface area contributed by atoms with E-state index in [1.54, 1.807) is 0 Å². The zero-order chi connectivity index (χ0) is 10.8. The van der Waals surface area contributed by atoms with Crippen LogP contribution >= 0.6 is 23.4 Å². The molecule has 0 saturated carbocycles. The van der Waals surface area contributed by atoms with Crippen molar-refractivity contribution in [2.45, 2.75) is 24.3 Å². The molecule has 0 amide bonds. The third-order valence-corrected chi connectivity index (χ3v) is 3.88. The summed E-state index contributed by atoms with van der Waals surface area (Å²) in [6.45, 7) is 6.64. The van der Waals surface area contributed by atoms with Crippen molar-refractivity contribution < 1.29 is 0 Å². The van der Waals surface area contributed by atoms with Gasteiger partial charge in [-0.05, 0) is 12.1 Å². The van der Waals surface area contributed by atoms with Gasteiger partial charge in [-0.15, -0.1) is 0 Å². The molecule has 2 heterocycles. The fourth-order valence-electron chi connectivity index (χ4n) is 1.94. The number of pyridine rings is 1. The van der Waals surface area contributed by atoms with E-state index in [2.05, 4.69) is 23.7 Å². The lowest BCUT2D eigenvalue weighted by molar-refractivity contribution is 0.719. The second kappa shape index (κ2) is 4.62. The molecule has 2 atom stereocenters. The van der Waals surface area contributed by atoms with Gasteiger partial charge in [0.25, 0.3) is 0 Å². The summed E-state index contributed by atoms with van der Waals surface area (Å²) in [5, 5.41) is 1.90. The first-order chi connectivity index (χ1) is 7.15. The fraction of sp³-hybridized carbons (Fsp3) is 0.545. The fourth-order valence-corrected chi connectivity index (χ4v) is 3.42. The van der Waals surface area contributed by atoms with Crippen LogP contribution in [0.2, 0.25) is 5.15 Å². The van der Waals surface area contributed by atoms with Gasteiger partial charge in [0.05, 0.1) is 0 Å². The van der Waals surface area contributed by atoms with Gasteiger partial charge in [0.15, 0.2) is 0 Å². The highest BCUT2D eigenvalue weighted by molar-refractivity contribution is 8.00. The Bertz CT molecular complexity index is 335. The van der Waals surface area contributed by atoms with E-state index in [1.165, 1.54) is 0 Å². The van der Waals surface area contributed by atoms with E-state index in [4.69, 9.17) is 11.6 Å². The zero-order valence-corrected chi connectivity index (χ0v) is 10.6. The molecule has 1 aliphatic heterocycles. The number of aromatic nitrogens is 1. The topological polar surface area (TPSA) is 16.1 Å². The Kier molecular flexibility index (Phi) is 3.42. The van der Waals surface area contributed by atoms with Gasteiger partial charge < -0.3 is 4.90 Å². The minimum absolute atomic E-state index is 0.575. The van der Waals surface area contributed by atoms with Gasteiger partial charge in [-0.2, -0.15) is 11.8 Å². The van der Waals surface area contributed by atoms with E-state index in [0.717, 1.165) is 18.9 Å². The van der Waals surface area contributed by atoms with Gasteiger partial charge in [0.1, 0.15) is 11.0 Å². The molecule has 0 N–H and O–H groups in total. The summed E-state index contributed by atoms with van der Waals surface area (Å²) >= 11 is 7.94. The summed E-state index contributed by atoms with van der Waals surface area (Å²) in [6.07, 6.45) is 0. The number of hydrogen-bond acceptors (Lipinski definition) is 3. The second-order valence-corrected chi connectivity index (χ2v) is 6.25. The summed E-state index contributed by atoms with van der Waals surface area (Å²) < 4.78 is 0. The highest BCUT2D eigenvalue weighted by Crippen LogP contribution is 2.27. The van der Waals surface area contributed by atoms with Crippen molar-refractivity contribution in [2.75, 3.05) is 18.0 Å². The number of hydrogen-bond donors (Lipinski definition) is 0. The molecule has 0 radical (unpaired) electrons. The van der Waals surface area contributed by atoms with Crippen LogP contribution in [0, 0.1) is 0 Å². The molecule has 2 nitrogen and oxygen atoms in total. The summed E-state index contributed by atoms with van der Waals surface area (Å²) in [4.78, 5) is 6.67. The van der Waals surface area contributed by atoms with E-state index < -0.39 is 0 Å². The van der Waals surface area contributed by atoms with Crippen LogP contribution in [0.4, 0.5) is 5.82 Å². The highest BCUT2D eigenvalue weighted by atomic mass is 35.5. The lowest BCUT2D eigenvalue weighted by Crippen LogP contribution is -2.40. The minimum Gasteiger partial charge on any atom is -0.354 e. The van der Waals surface area contributed by atoms with Gasteiger partial charge in [0.2, 0.25) is 0 Å². The third-order valence-electron chi connectivity index (χ3n) is 2.44. The molecule has 0 aromatic carbocycles. The van der Waals surface area contributed by atoms with Crippen molar-refractivity contribution in [1.29, 1.82) is 0 Å². The number of halogens is 1. The molecule has 2 rings (SSSR count). The van der Waals surface area contributed by atoms with Crippen LogP contribution in [0.1, 0.15) is 13.8 Å². The summed E-state index contributed by atoms with van der Waals surface area (Å²) in [5.74, 6) is 1.00. The van der Waals surface area contributed by atoms with E-state index in [9.17, 15) is 0 Å². The zero-order valence-electron chi connectivity index (χ0n) is 8.98. The first-order valence-electron chi connectivity index (χ1n) is 5.18. The molecule has 82 valence electrons. The maximum absolute atomic E-state index is 5.89. The van der Waals surface area contributed by atoms with E-state index in [0.29, 0.717) is 15.7 Å². The molecule has 15 heavy (non-hydrogen) atoms. The largest absolute Gasteiger partial charge is 0.354 e. The molecule has 2 unspecified atom stereocenters. The van der Waals surface area contributed by atoms with Crippen molar-refractivity contribution >= 4 is 29.2 Å². The molecular weight excluding hydrogens is 228 g/mol. The van der Waals surface area contributed by atoms with Gasteiger partial charge >= 0.3 is 0 Å². The maximum atomic E-state index is 5.89. The van der Waals surface area contributed by atoms with Gasteiger partial charge in [-0.1, -0.05) is 31.5 Å². The lowest BCUT2D eigenvalue weighted by Gasteiger charge is -2.35. The average Bonchev–Trinajstić information content (AvgIpc) is 2.16. The molecule has 1 aliphatic rings. The molecule has 1 fully saturated rings. The monoisotopic (exact) mass is 242 g/mol. The molecule has 0 spiro atoms. The van der Waals surface area contributed by atoms with Crippen LogP contribution in [0.25, 0.3) is 0 Å². The van der Waals surface area contributed by atoms with Crippen molar-refractivity contribution in [3.05, 3.63) is 23.4 Å². The van der Waals surface area contributed by atoms with Crippen LogP contribution in [0.3, 0.4) is 0 Å². The molecule has 1 saturated heterocycles. The lowest BCUT2D eigenvalue weighted by atomic mass is 10.3. The molecule has 0 bridgehead atoms. The van der Waals surface area contributed by atoms with Gasteiger partial charge in [-0.3, -0.25) is 0 Å². The summed E-state index contributed by atoms with van der Waals surface area (Å²) in [6, 6.07) is 5.81. The Morgan fingerprint density at radius 3 is 2.60 bits per heavy atom. The van der Waals surface area contributed by atoms with Crippen LogP contribution in [0.5, 0.6) is 0 Å². The highest BCUT2D eigenvalue weighted by Gasteiger charge is 2.22. The van der Waals surface area contributed by atoms with Crippen molar-refractivity contribution in [3.63, 3.8) is 0 Å². The second-order valence-electron chi connectivity index (χ2n) is 3.98. The van der Waals surface area contributed by atoms with E-state index in [-0.39, 0.29) is 0 Å². The first-order valence-corrected chi connectivity index (χ1v) is 6.50. The number of anilines is 1. The SMILES string of the molecule is CC1CN(c2cccc(Cl)n2)CC(C)S1. The summed E-state index contributed by atoms with van der Waals surface area (Å²) in [7, 11) is 0. The molecule has 1 aromatic rings. The quantitative estimate of drug-likeness (QED) is 0.705. The Hall–Kier alpha value is -0.410. The Morgan fingerprint density at radius 1 is 1.33 bits per heavy atom. The molecule has 4 heteroatoms. The van der Waals surface area contributed by atoms with Gasteiger partial charge in [0, 0.05) is 23.6 Å². The summed E-state index contributed by atoms with van der Waals surface area (Å²) in [5.41, 5.74) is 0. The molecule has 0 aliphatic carbocycles. The van der Waals surface area contributed by atoms with Crippen molar-refractivity contribution in [3.8, 4) is 0 Å². The number of thioether (sulfide) groups is 1. The minimum atomic E-state index is 0.575. The van der Waals surface area contributed by atoms with E-state index in [1.807, 2.05) is 30.0 Å². The Labute approximate surface area is 100 Å². The number of rotatable bonds is 1. The average molecular weight is 243 g/mol. The van der Waals surface area contributed by atoms with E-state index >= 15 is 0 Å². The van der Waals surface area contributed by atoms with Crippen LogP contribution < -0.4 is 4.90 Å².